The van der Waals surface area contributed by atoms with Gasteiger partial charge in [-0.2, -0.15) is 4.31 Å². The average molecular weight is 605 g/mol. The molecule has 4 rings (SSSR count). The van der Waals surface area contributed by atoms with E-state index in [2.05, 4.69) is 5.32 Å². The van der Waals surface area contributed by atoms with E-state index >= 15 is 0 Å². The molecule has 218 valence electrons. The molecule has 15 heteroatoms. The Morgan fingerprint density at radius 1 is 1.00 bits per heavy atom. The number of hydrogen-bond acceptors (Lipinski definition) is 9. The molecule has 0 bridgehead atoms. The van der Waals surface area contributed by atoms with Gasteiger partial charge in [0.05, 0.1) is 40.7 Å². The van der Waals surface area contributed by atoms with Gasteiger partial charge in [-0.05, 0) is 61.5 Å². The van der Waals surface area contributed by atoms with Gasteiger partial charge in [-0.3, -0.25) is 19.2 Å². The van der Waals surface area contributed by atoms with Crippen LogP contribution in [0, 0.1) is 17.0 Å². The van der Waals surface area contributed by atoms with E-state index in [0.29, 0.717) is 19.0 Å². The van der Waals surface area contributed by atoms with Crippen molar-refractivity contribution in [2.24, 2.45) is 0 Å². The highest BCUT2D eigenvalue weighted by atomic mass is 32.2. The van der Waals surface area contributed by atoms with Crippen molar-refractivity contribution in [3.05, 3.63) is 82.4 Å². The largest absolute Gasteiger partial charge is 0.497 e. The summed E-state index contributed by atoms with van der Waals surface area (Å²) in [6.45, 7) is 1.89. The van der Waals surface area contributed by atoms with Gasteiger partial charge in [-0.25, -0.2) is 16.8 Å². The molecule has 1 heterocycles. The molecule has 1 amide bonds. The molecule has 1 saturated heterocycles. The fourth-order valence-corrected chi connectivity index (χ4v) is 6.96. The number of rotatable bonds is 10. The Bertz CT molecular complexity index is 1640. The minimum Gasteiger partial charge on any atom is -0.497 e. The molecule has 0 unspecified atom stereocenters. The number of sulfonamides is 2. The van der Waals surface area contributed by atoms with Crippen molar-refractivity contribution in [2.75, 3.05) is 49.6 Å². The van der Waals surface area contributed by atoms with Crippen molar-refractivity contribution < 1.29 is 36.0 Å². The van der Waals surface area contributed by atoms with E-state index in [0.717, 1.165) is 10.4 Å². The van der Waals surface area contributed by atoms with Crippen LogP contribution >= 0.6 is 0 Å². The lowest BCUT2D eigenvalue weighted by molar-refractivity contribution is -0.385. The number of nitro groups is 1. The molecule has 3 aromatic carbocycles. The van der Waals surface area contributed by atoms with Gasteiger partial charge in [0, 0.05) is 30.4 Å². The smallest absolute Gasteiger partial charge is 0.273 e. The van der Waals surface area contributed by atoms with Crippen LogP contribution in [0.4, 0.5) is 17.1 Å². The third-order valence-corrected chi connectivity index (χ3v) is 10.0. The first-order valence-corrected chi connectivity index (χ1v) is 15.2. The normalized spacial score (nSPS) is 14.3. The summed E-state index contributed by atoms with van der Waals surface area (Å²) in [7, 11) is -6.73. The van der Waals surface area contributed by atoms with Gasteiger partial charge in [-0.1, -0.05) is 6.07 Å². The third-order valence-electron chi connectivity index (χ3n) is 6.36. The molecule has 13 nitrogen and oxygen atoms in total. The highest BCUT2D eigenvalue weighted by Crippen LogP contribution is 2.29. The maximum absolute atomic E-state index is 13.7. The van der Waals surface area contributed by atoms with Crippen molar-refractivity contribution in [3.8, 4) is 5.75 Å². The van der Waals surface area contributed by atoms with Crippen LogP contribution in [0.15, 0.2) is 76.5 Å². The molecule has 1 fully saturated rings. The first-order valence-electron chi connectivity index (χ1n) is 12.3. The Morgan fingerprint density at radius 3 is 2.20 bits per heavy atom. The second kappa shape index (κ2) is 12.2. The van der Waals surface area contributed by atoms with Crippen LogP contribution in [0.2, 0.25) is 0 Å². The van der Waals surface area contributed by atoms with Crippen LogP contribution in [0.1, 0.15) is 5.56 Å². The first-order chi connectivity index (χ1) is 19.4. The summed E-state index contributed by atoms with van der Waals surface area (Å²) in [4.78, 5) is 23.5. The quantitative estimate of drug-likeness (QED) is 0.270. The molecule has 1 aliphatic rings. The molecule has 0 aliphatic carbocycles. The highest BCUT2D eigenvalue weighted by Gasteiger charge is 2.30. The van der Waals surface area contributed by atoms with Crippen LogP contribution in [-0.4, -0.2) is 71.9 Å². The number of carbonyl (C=O) groups is 1. The van der Waals surface area contributed by atoms with Gasteiger partial charge >= 0.3 is 0 Å². The number of carbonyl (C=O) groups excluding carboxylic acids is 1. The van der Waals surface area contributed by atoms with Crippen LogP contribution in [0.5, 0.6) is 5.75 Å². The van der Waals surface area contributed by atoms with E-state index in [1.165, 1.54) is 79.0 Å². The summed E-state index contributed by atoms with van der Waals surface area (Å²) < 4.78 is 65.6. The zero-order valence-corrected chi connectivity index (χ0v) is 23.9. The van der Waals surface area contributed by atoms with Crippen LogP contribution in [0.25, 0.3) is 0 Å². The zero-order valence-electron chi connectivity index (χ0n) is 22.2. The molecule has 0 atom stereocenters. The summed E-state index contributed by atoms with van der Waals surface area (Å²) in [6.07, 6.45) is 0. The Kier molecular flexibility index (Phi) is 8.92. The highest BCUT2D eigenvalue weighted by molar-refractivity contribution is 7.92. The summed E-state index contributed by atoms with van der Waals surface area (Å²) in [5.41, 5.74) is 0.268. The van der Waals surface area contributed by atoms with Crippen LogP contribution in [-0.2, 0) is 29.6 Å². The van der Waals surface area contributed by atoms with Gasteiger partial charge in [0.25, 0.3) is 15.7 Å². The van der Waals surface area contributed by atoms with E-state index < -0.39 is 37.4 Å². The number of ether oxygens (including phenoxy) is 2. The van der Waals surface area contributed by atoms with Crippen molar-refractivity contribution in [2.45, 2.75) is 16.7 Å². The lowest BCUT2D eigenvalue weighted by Gasteiger charge is -2.26. The second-order valence-electron chi connectivity index (χ2n) is 9.00. The van der Waals surface area contributed by atoms with Gasteiger partial charge in [0.2, 0.25) is 15.9 Å². The third kappa shape index (κ3) is 6.65. The van der Waals surface area contributed by atoms with Gasteiger partial charge in [0.1, 0.15) is 12.3 Å². The molecule has 0 saturated carbocycles. The second-order valence-corrected chi connectivity index (χ2v) is 12.8. The van der Waals surface area contributed by atoms with Crippen molar-refractivity contribution >= 4 is 43.0 Å². The SMILES string of the molecule is COc1ccc(N(CC(=O)Nc2ccc(S(=O)(=O)N3CCOCC3)cc2)S(=O)(=O)c2ccc(C)c([N+](=O)[O-])c2)cc1. The Hall–Kier alpha value is -4.05. The van der Waals surface area contributed by atoms with Crippen molar-refractivity contribution in [1.29, 1.82) is 0 Å². The Balaban J connectivity index is 1.59. The van der Waals surface area contributed by atoms with Crippen molar-refractivity contribution in [3.63, 3.8) is 0 Å². The summed E-state index contributed by atoms with van der Waals surface area (Å²) in [5.74, 6) is -0.275. The number of nitro benzene ring substituents is 1. The molecule has 1 aliphatic heterocycles. The molecule has 0 radical (unpaired) electrons. The van der Waals surface area contributed by atoms with E-state index in [-0.39, 0.29) is 45.5 Å². The number of anilines is 2. The average Bonchev–Trinajstić information content (AvgIpc) is 2.96. The van der Waals surface area contributed by atoms with Crippen molar-refractivity contribution in [1.82, 2.24) is 4.31 Å². The first kappa shape index (κ1) is 29.9. The number of methoxy groups -OCH3 is 1. The Morgan fingerprint density at radius 2 is 1.61 bits per heavy atom. The van der Waals surface area contributed by atoms with Gasteiger partial charge < -0.3 is 14.8 Å². The predicted octanol–water partition coefficient (Wildman–Crippen LogP) is 2.77. The minimum absolute atomic E-state index is 0.0424. The lowest BCUT2D eigenvalue weighted by atomic mass is 10.2. The van der Waals surface area contributed by atoms with E-state index in [1.54, 1.807) is 0 Å². The van der Waals surface area contributed by atoms with Gasteiger partial charge in [0.15, 0.2) is 0 Å². The number of nitrogens with zero attached hydrogens (tertiary/aromatic N) is 3. The fraction of sp³-hybridized carbons (Fsp3) is 0.269. The molecular weight excluding hydrogens is 576 g/mol. The number of amides is 1. The zero-order chi connectivity index (χ0) is 29.8. The summed E-state index contributed by atoms with van der Waals surface area (Å²) in [5, 5.41) is 14.0. The van der Waals surface area contributed by atoms with Crippen LogP contribution < -0.4 is 14.4 Å². The molecule has 41 heavy (non-hydrogen) atoms. The summed E-state index contributed by atoms with van der Waals surface area (Å²) in [6, 6.07) is 14.9. The molecule has 0 aromatic heterocycles. The lowest BCUT2D eigenvalue weighted by Crippen LogP contribution is -2.40. The Labute approximate surface area is 237 Å². The number of nitrogens with one attached hydrogen (secondary N) is 1. The van der Waals surface area contributed by atoms with E-state index in [9.17, 15) is 31.7 Å². The van der Waals surface area contributed by atoms with Gasteiger partial charge in [-0.15, -0.1) is 0 Å². The minimum atomic E-state index is -4.44. The van der Waals surface area contributed by atoms with E-state index in [4.69, 9.17) is 9.47 Å². The predicted molar refractivity (Wildman–Crippen MR) is 150 cm³/mol. The van der Waals surface area contributed by atoms with Crippen LogP contribution in [0.3, 0.4) is 0 Å². The number of hydrogen-bond donors (Lipinski definition) is 1. The number of aryl methyl sites for hydroxylation is 1. The topological polar surface area (TPSA) is 165 Å². The molecule has 0 spiro atoms. The monoisotopic (exact) mass is 604 g/mol. The number of morpholine rings is 1. The van der Waals surface area contributed by atoms with E-state index in [1.807, 2.05) is 0 Å². The fourth-order valence-electron chi connectivity index (χ4n) is 4.11. The molecule has 3 aromatic rings. The number of benzene rings is 3. The maximum atomic E-state index is 13.7. The molecule has 1 N–H and O–H groups in total. The maximum Gasteiger partial charge on any atom is 0.273 e. The summed E-state index contributed by atoms with van der Waals surface area (Å²) >= 11 is 0. The molecular formula is C26H28N4O9S2. The standard InChI is InChI=1S/C26H28N4O9S2/c1-19-3-10-24(17-25(19)30(32)33)41(36,37)29(21-6-8-22(38-2)9-7-21)18-26(31)27-20-4-11-23(12-5-20)40(34,35)28-13-15-39-16-14-28/h3-12,17H,13-16,18H2,1-2H3,(H,27,31).